The van der Waals surface area contributed by atoms with Crippen molar-refractivity contribution in [2.45, 2.75) is 118 Å². The fourth-order valence-electron chi connectivity index (χ4n) is 12.2. The normalized spacial score (nSPS) is 43.9. The van der Waals surface area contributed by atoms with Gasteiger partial charge in [0.25, 0.3) is 0 Å². The SMILES string of the molecule is COc1cc(/C=C\C(=O)O[C@H]2CC[C@]3(C)[C@H]4CC=C5[C@H]6[C@](C(=O)O)(CC[C@@H](C)[C@@]6(C)O)CC[C@@]5(C)[C@]4(C)CC[C@H]3C2(C)C)ccc1O. The number of ether oxygens (including phenoxy) is 2. The number of phenolic OH excluding ortho intramolecular Hbond substituents is 1. The number of fused-ring (bicyclic) bond motifs is 7. The van der Waals surface area contributed by atoms with Crippen LogP contribution in [0.4, 0.5) is 0 Å². The molecule has 1 aromatic rings. The first-order valence-corrected chi connectivity index (χ1v) is 17.8. The molecule has 47 heavy (non-hydrogen) atoms. The zero-order chi connectivity index (χ0) is 34.4. The number of aliphatic carboxylic acids is 1. The van der Waals surface area contributed by atoms with Crippen LogP contribution in [0.3, 0.4) is 0 Å². The van der Waals surface area contributed by atoms with E-state index in [0.29, 0.717) is 30.4 Å². The average molecular weight is 649 g/mol. The second-order valence-corrected chi connectivity index (χ2v) is 17.4. The number of carbonyl (C=O) groups excluding carboxylic acids is 1. The molecule has 0 aromatic heterocycles. The summed E-state index contributed by atoms with van der Waals surface area (Å²) in [4.78, 5) is 26.1. The lowest BCUT2D eigenvalue weighted by atomic mass is 9.33. The number of carboxylic acids is 1. The highest BCUT2D eigenvalue weighted by Gasteiger charge is 2.71. The molecule has 1 aromatic carbocycles. The molecule has 10 atom stereocenters. The maximum Gasteiger partial charge on any atom is 0.331 e. The quantitative estimate of drug-likeness (QED) is 0.168. The first-order valence-electron chi connectivity index (χ1n) is 17.8. The van der Waals surface area contributed by atoms with Crippen LogP contribution in [0.25, 0.3) is 6.08 Å². The molecule has 6 rings (SSSR count). The van der Waals surface area contributed by atoms with Crippen molar-refractivity contribution in [3.63, 3.8) is 0 Å². The zero-order valence-electron chi connectivity index (χ0n) is 29.7. The van der Waals surface area contributed by atoms with Gasteiger partial charge in [0.15, 0.2) is 11.5 Å². The third kappa shape index (κ3) is 4.75. The number of rotatable bonds is 5. The van der Waals surface area contributed by atoms with Crippen LogP contribution in [0.2, 0.25) is 0 Å². The fraction of sp³-hybridized carbons (Fsp3) is 0.700. The molecule has 0 bridgehead atoms. The highest BCUT2D eigenvalue weighted by Crippen LogP contribution is 2.76. The molecule has 0 spiro atoms. The minimum atomic E-state index is -1.07. The van der Waals surface area contributed by atoms with Crippen molar-refractivity contribution >= 4 is 18.0 Å². The van der Waals surface area contributed by atoms with E-state index in [0.717, 1.165) is 50.5 Å². The predicted molar refractivity (Wildman–Crippen MR) is 182 cm³/mol. The van der Waals surface area contributed by atoms with Gasteiger partial charge in [0, 0.05) is 17.4 Å². The molecule has 0 unspecified atom stereocenters. The second-order valence-electron chi connectivity index (χ2n) is 17.4. The van der Waals surface area contributed by atoms with Crippen LogP contribution in [0.5, 0.6) is 11.5 Å². The molecule has 0 heterocycles. The van der Waals surface area contributed by atoms with Gasteiger partial charge in [-0.3, -0.25) is 4.79 Å². The summed E-state index contributed by atoms with van der Waals surface area (Å²) in [6.07, 6.45) is 12.9. The van der Waals surface area contributed by atoms with E-state index in [1.807, 2.05) is 6.92 Å². The summed E-state index contributed by atoms with van der Waals surface area (Å²) >= 11 is 0. The van der Waals surface area contributed by atoms with Crippen molar-refractivity contribution in [1.82, 2.24) is 0 Å². The van der Waals surface area contributed by atoms with Gasteiger partial charge in [0.1, 0.15) is 6.10 Å². The van der Waals surface area contributed by atoms with E-state index in [4.69, 9.17) is 9.47 Å². The number of allylic oxidation sites excluding steroid dienone is 1. The largest absolute Gasteiger partial charge is 0.504 e. The summed E-state index contributed by atoms with van der Waals surface area (Å²) in [6, 6.07) is 4.96. The van der Waals surface area contributed by atoms with Gasteiger partial charge < -0.3 is 24.8 Å². The van der Waals surface area contributed by atoms with Crippen molar-refractivity contribution in [2.75, 3.05) is 7.11 Å². The van der Waals surface area contributed by atoms with E-state index in [1.165, 1.54) is 18.8 Å². The van der Waals surface area contributed by atoms with Crippen molar-refractivity contribution in [3.8, 4) is 11.5 Å². The van der Waals surface area contributed by atoms with Gasteiger partial charge in [0.05, 0.1) is 18.1 Å². The number of hydrogen-bond donors (Lipinski definition) is 3. The Bertz CT molecular complexity index is 1510. The Morgan fingerprint density at radius 3 is 2.34 bits per heavy atom. The summed E-state index contributed by atoms with van der Waals surface area (Å²) in [6.45, 7) is 15.9. The van der Waals surface area contributed by atoms with Crippen LogP contribution in [0, 0.1) is 50.7 Å². The molecule has 4 saturated carbocycles. The van der Waals surface area contributed by atoms with Gasteiger partial charge in [-0.25, -0.2) is 4.79 Å². The van der Waals surface area contributed by atoms with Crippen molar-refractivity contribution in [2.24, 2.45) is 50.7 Å². The molecule has 5 aliphatic rings. The van der Waals surface area contributed by atoms with E-state index in [1.54, 1.807) is 24.3 Å². The Morgan fingerprint density at radius 1 is 0.936 bits per heavy atom. The number of carboxylic acid groups (broad SMARTS) is 1. The fourth-order valence-corrected chi connectivity index (χ4v) is 12.2. The van der Waals surface area contributed by atoms with Gasteiger partial charge in [0.2, 0.25) is 0 Å². The zero-order valence-corrected chi connectivity index (χ0v) is 29.7. The number of esters is 1. The second kappa shape index (κ2) is 11.1. The van der Waals surface area contributed by atoms with E-state index in [-0.39, 0.29) is 51.3 Å². The minimum absolute atomic E-state index is 0.0305. The smallest absolute Gasteiger partial charge is 0.331 e. The maximum absolute atomic E-state index is 13.1. The number of phenols is 1. The van der Waals surface area contributed by atoms with E-state index in [2.05, 4.69) is 47.6 Å². The molecular weight excluding hydrogens is 592 g/mol. The number of hydrogen-bond acceptors (Lipinski definition) is 6. The highest BCUT2D eigenvalue weighted by molar-refractivity contribution is 5.87. The number of aromatic hydroxyl groups is 1. The predicted octanol–water partition coefficient (Wildman–Crippen LogP) is 8.18. The Hall–Kier alpha value is -2.80. The molecule has 4 fully saturated rings. The number of aliphatic hydroxyl groups is 1. The summed E-state index contributed by atoms with van der Waals surface area (Å²) in [5.41, 5.74) is -0.432. The lowest BCUT2D eigenvalue weighted by molar-refractivity contribution is -0.221. The minimum Gasteiger partial charge on any atom is -0.504 e. The standard InChI is InChI=1S/C40H56O7/c1-24-15-20-40(34(43)44)22-21-37(5)26(33(40)39(24,7)45)11-13-30-36(4)18-17-31(35(2,3)29(36)16-19-38(30,37)6)47-32(42)14-10-25-9-12-27(41)28(23-25)46-8/h9-12,14,23-24,29-31,33,41,45H,13,15-22H2,1-8H3,(H,43,44)/b14-10-/t24-,29+,30-,31+,33-,36+,37-,38-,39-,40+/m1/s1. The van der Waals surface area contributed by atoms with Crippen LogP contribution in [-0.4, -0.2) is 46.1 Å². The first-order chi connectivity index (χ1) is 21.9. The van der Waals surface area contributed by atoms with E-state index >= 15 is 0 Å². The molecule has 258 valence electrons. The van der Waals surface area contributed by atoms with Gasteiger partial charge >= 0.3 is 11.9 Å². The third-order valence-corrected chi connectivity index (χ3v) is 15.3. The number of methoxy groups -OCH3 is 1. The van der Waals surface area contributed by atoms with Gasteiger partial charge in [-0.15, -0.1) is 0 Å². The molecule has 7 heteroatoms. The van der Waals surface area contributed by atoms with Crippen LogP contribution in [0.15, 0.2) is 35.9 Å². The molecule has 0 radical (unpaired) electrons. The third-order valence-electron chi connectivity index (χ3n) is 15.3. The first kappa shape index (κ1) is 34.1. The van der Waals surface area contributed by atoms with Crippen LogP contribution in [-0.2, 0) is 14.3 Å². The maximum atomic E-state index is 13.1. The van der Waals surface area contributed by atoms with Gasteiger partial charge in [-0.1, -0.05) is 59.3 Å². The van der Waals surface area contributed by atoms with Crippen molar-refractivity contribution < 1.29 is 34.4 Å². The van der Waals surface area contributed by atoms with Crippen molar-refractivity contribution in [1.29, 1.82) is 0 Å². The Morgan fingerprint density at radius 2 is 1.66 bits per heavy atom. The molecule has 3 N–H and O–H groups in total. The van der Waals surface area contributed by atoms with Gasteiger partial charge in [-0.05, 0) is 122 Å². The lowest BCUT2D eigenvalue weighted by Gasteiger charge is -2.71. The summed E-state index contributed by atoms with van der Waals surface area (Å²) < 4.78 is 11.4. The molecular formula is C40H56O7. The average Bonchev–Trinajstić information content (AvgIpc) is 3.00. The van der Waals surface area contributed by atoms with Crippen LogP contribution in [0.1, 0.15) is 112 Å². The molecule has 0 saturated heterocycles. The molecule has 0 amide bonds. The number of carbonyl (C=O) groups is 2. The summed E-state index contributed by atoms with van der Waals surface area (Å²) in [5, 5.41) is 32.6. The molecule has 0 aliphatic heterocycles. The van der Waals surface area contributed by atoms with Crippen LogP contribution >= 0.6 is 0 Å². The monoisotopic (exact) mass is 648 g/mol. The summed E-state index contributed by atoms with van der Waals surface area (Å²) in [5.74, 6) is -0.268. The van der Waals surface area contributed by atoms with Gasteiger partial charge in [-0.2, -0.15) is 0 Å². The topological polar surface area (TPSA) is 113 Å². The Balaban J connectivity index is 1.27. The summed E-state index contributed by atoms with van der Waals surface area (Å²) in [7, 11) is 1.49. The highest BCUT2D eigenvalue weighted by atomic mass is 16.5. The Labute approximate surface area is 280 Å². The lowest BCUT2D eigenvalue weighted by Crippen LogP contribution is -2.67. The van der Waals surface area contributed by atoms with Crippen molar-refractivity contribution in [3.05, 3.63) is 41.5 Å². The number of benzene rings is 1. The van der Waals surface area contributed by atoms with E-state index in [9.17, 15) is 24.9 Å². The van der Waals surface area contributed by atoms with E-state index < -0.39 is 17.0 Å². The molecule has 5 aliphatic carbocycles. The molecule has 7 nitrogen and oxygen atoms in total. The Kier molecular flexibility index (Phi) is 8.06. The van der Waals surface area contributed by atoms with Crippen LogP contribution < -0.4 is 4.74 Å².